The summed E-state index contributed by atoms with van der Waals surface area (Å²) in [6, 6.07) is 4.88. The van der Waals surface area contributed by atoms with Crippen LogP contribution in [0.5, 0.6) is 0 Å². The first-order valence-electron chi connectivity index (χ1n) is 7.05. The van der Waals surface area contributed by atoms with Crippen molar-refractivity contribution in [2.24, 2.45) is 0 Å². The average Bonchev–Trinajstić information content (AvgIpc) is 2.42. The summed E-state index contributed by atoms with van der Waals surface area (Å²) in [7, 11) is 2.20. The normalized spacial score (nSPS) is 12.7. The van der Waals surface area contributed by atoms with Gasteiger partial charge in [-0.3, -0.25) is 4.90 Å². The highest BCUT2D eigenvalue weighted by Gasteiger charge is 2.09. The summed E-state index contributed by atoms with van der Waals surface area (Å²) in [5.74, 6) is 2.22. The highest BCUT2D eigenvalue weighted by atomic mass is 32.2. The molecule has 1 rings (SSSR count). The molecule has 1 N–H and O–H groups in total. The van der Waals surface area contributed by atoms with Gasteiger partial charge in [0.2, 0.25) is 0 Å². The molecule has 1 unspecified atom stereocenters. The first-order chi connectivity index (χ1) is 9.17. The Morgan fingerprint density at radius 3 is 2.95 bits per heavy atom. The van der Waals surface area contributed by atoms with Crippen LogP contribution in [0, 0.1) is 0 Å². The molecule has 19 heavy (non-hydrogen) atoms. The lowest BCUT2D eigenvalue weighted by Crippen LogP contribution is -2.29. The summed E-state index contributed by atoms with van der Waals surface area (Å²) in [6.07, 6.45) is 6.43. The van der Waals surface area contributed by atoms with Gasteiger partial charge in [0.25, 0.3) is 0 Å². The second-order valence-corrected chi connectivity index (χ2v) is 6.01. The van der Waals surface area contributed by atoms with Crippen molar-refractivity contribution >= 4 is 17.6 Å². The fourth-order valence-corrected chi connectivity index (χ4v) is 2.45. The van der Waals surface area contributed by atoms with Crippen LogP contribution in [0.4, 0.5) is 5.82 Å². The maximum absolute atomic E-state index is 4.35. The molecule has 0 aliphatic heterocycles. The van der Waals surface area contributed by atoms with E-state index >= 15 is 0 Å². The third kappa shape index (κ3) is 6.30. The Morgan fingerprint density at radius 2 is 2.26 bits per heavy atom. The fourth-order valence-electron chi connectivity index (χ4n) is 1.88. The van der Waals surface area contributed by atoms with Crippen LogP contribution in [0.3, 0.4) is 0 Å². The molecule has 0 bridgehead atoms. The van der Waals surface area contributed by atoms with E-state index in [4.69, 9.17) is 0 Å². The summed E-state index contributed by atoms with van der Waals surface area (Å²) in [4.78, 5) is 6.76. The summed E-state index contributed by atoms with van der Waals surface area (Å²) in [5, 5.41) is 3.34. The highest BCUT2D eigenvalue weighted by molar-refractivity contribution is 7.98. The standard InChI is InChI=1S/C15H27N3S/c1-5-8-16-15-11-14(6-9-17-15)12-18(3)13(2)7-10-19-4/h6,9,11,13H,5,7-8,10,12H2,1-4H3,(H,16,17). The van der Waals surface area contributed by atoms with Crippen LogP contribution >= 0.6 is 11.8 Å². The lowest BCUT2D eigenvalue weighted by molar-refractivity contribution is 0.245. The molecule has 108 valence electrons. The van der Waals surface area contributed by atoms with Crippen LogP contribution in [0.15, 0.2) is 18.3 Å². The van der Waals surface area contributed by atoms with Gasteiger partial charge >= 0.3 is 0 Å². The van der Waals surface area contributed by atoms with Crippen LogP contribution in [0.25, 0.3) is 0 Å². The minimum Gasteiger partial charge on any atom is -0.370 e. The monoisotopic (exact) mass is 281 g/mol. The molecule has 0 aliphatic rings. The fraction of sp³-hybridized carbons (Fsp3) is 0.667. The van der Waals surface area contributed by atoms with E-state index in [-0.39, 0.29) is 0 Å². The molecule has 1 aromatic heterocycles. The smallest absolute Gasteiger partial charge is 0.126 e. The van der Waals surface area contributed by atoms with Gasteiger partial charge in [0, 0.05) is 25.3 Å². The van der Waals surface area contributed by atoms with Crippen molar-refractivity contribution in [3.63, 3.8) is 0 Å². The molecular formula is C15H27N3S. The second-order valence-electron chi connectivity index (χ2n) is 5.02. The van der Waals surface area contributed by atoms with E-state index in [1.165, 1.54) is 17.7 Å². The van der Waals surface area contributed by atoms with Gasteiger partial charge in [-0.2, -0.15) is 11.8 Å². The van der Waals surface area contributed by atoms with E-state index in [9.17, 15) is 0 Å². The van der Waals surface area contributed by atoms with E-state index in [2.05, 4.69) is 54.5 Å². The van der Waals surface area contributed by atoms with Crippen LogP contribution < -0.4 is 5.32 Å². The van der Waals surface area contributed by atoms with Gasteiger partial charge in [0.15, 0.2) is 0 Å². The number of pyridine rings is 1. The summed E-state index contributed by atoms with van der Waals surface area (Å²) in [5.41, 5.74) is 1.33. The molecule has 0 saturated heterocycles. The van der Waals surface area contributed by atoms with Crippen molar-refractivity contribution in [2.45, 2.75) is 39.3 Å². The Hall–Kier alpha value is -0.740. The average molecular weight is 281 g/mol. The Kier molecular flexibility index (Phi) is 7.91. The lowest BCUT2D eigenvalue weighted by atomic mass is 10.2. The zero-order chi connectivity index (χ0) is 14.1. The highest BCUT2D eigenvalue weighted by Crippen LogP contribution is 2.13. The van der Waals surface area contributed by atoms with E-state index in [0.717, 1.165) is 25.3 Å². The predicted molar refractivity (Wildman–Crippen MR) is 86.9 cm³/mol. The molecule has 0 amide bonds. The topological polar surface area (TPSA) is 28.2 Å². The van der Waals surface area contributed by atoms with Crippen molar-refractivity contribution in [2.75, 3.05) is 30.9 Å². The molecule has 4 heteroatoms. The van der Waals surface area contributed by atoms with E-state index in [1.54, 1.807) is 0 Å². The molecule has 0 aliphatic carbocycles. The Balaban J connectivity index is 2.51. The summed E-state index contributed by atoms with van der Waals surface area (Å²) in [6.45, 7) is 6.43. The quantitative estimate of drug-likeness (QED) is 0.750. The van der Waals surface area contributed by atoms with Crippen molar-refractivity contribution in [1.82, 2.24) is 9.88 Å². The molecule has 0 aromatic carbocycles. The minimum atomic E-state index is 0.618. The maximum atomic E-state index is 4.35. The molecular weight excluding hydrogens is 254 g/mol. The zero-order valence-electron chi connectivity index (χ0n) is 12.6. The van der Waals surface area contributed by atoms with Gasteiger partial charge in [0.05, 0.1) is 0 Å². The van der Waals surface area contributed by atoms with Crippen LogP contribution in [-0.2, 0) is 6.54 Å². The van der Waals surface area contributed by atoms with Crippen molar-refractivity contribution in [3.8, 4) is 0 Å². The van der Waals surface area contributed by atoms with Gasteiger partial charge in [-0.15, -0.1) is 0 Å². The number of rotatable bonds is 9. The Labute approximate surface area is 122 Å². The third-order valence-corrected chi connectivity index (χ3v) is 3.95. The lowest BCUT2D eigenvalue weighted by Gasteiger charge is -2.24. The second kappa shape index (κ2) is 9.21. The third-order valence-electron chi connectivity index (χ3n) is 3.30. The van der Waals surface area contributed by atoms with Gasteiger partial charge in [-0.1, -0.05) is 6.92 Å². The first kappa shape index (κ1) is 16.3. The van der Waals surface area contributed by atoms with E-state index in [0.29, 0.717) is 6.04 Å². The summed E-state index contributed by atoms with van der Waals surface area (Å²) >= 11 is 1.92. The number of hydrogen-bond acceptors (Lipinski definition) is 4. The molecule has 0 radical (unpaired) electrons. The Bertz CT molecular complexity index is 357. The molecule has 0 saturated carbocycles. The molecule has 3 nitrogen and oxygen atoms in total. The van der Waals surface area contributed by atoms with Gasteiger partial charge in [-0.25, -0.2) is 4.98 Å². The largest absolute Gasteiger partial charge is 0.370 e. The number of nitrogens with one attached hydrogen (secondary N) is 1. The van der Waals surface area contributed by atoms with Gasteiger partial charge in [-0.05, 0) is 56.5 Å². The van der Waals surface area contributed by atoms with Crippen molar-refractivity contribution < 1.29 is 0 Å². The molecule has 1 heterocycles. The molecule has 1 atom stereocenters. The minimum absolute atomic E-state index is 0.618. The predicted octanol–water partition coefficient (Wildman–Crippen LogP) is 3.48. The van der Waals surface area contributed by atoms with Crippen LogP contribution in [0.2, 0.25) is 0 Å². The zero-order valence-corrected chi connectivity index (χ0v) is 13.5. The number of anilines is 1. The number of thioether (sulfide) groups is 1. The molecule has 0 spiro atoms. The number of aromatic nitrogens is 1. The van der Waals surface area contributed by atoms with Crippen molar-refractivity contribution in [1.29, 1.82) is 0 Å². The van der Waals surface area contributed by atoms with Crippen LogP contribution in [0.1, 0.15) is 32.3 Å². The number of hydrogen-bond donors (Lipinski definition) is 1. The molecule has 0 fully saturated rings. The maximum Gasteiger partial charge on any atom is 0.126 e. The van der Waals surface area contributed by atoms with Gasteiger partial charge in [0.1, 0.15) is 5.82 Å². The first-order valence-corrected chi connectivity index (χ1v) is 8.44. The van der Waals surface area contributed by atoms with E-state index < -0.39 is 0 Å². The van der Waals surface area contributed by atoms with Crippen molar-refractivity contribution in [3.05, 3.63) is 23.9 Å². The van der Waals surface area contributed by atoms with Gasteiger partial charge < -0.3 is 5.32 Å². The molecule has 1 aromatic rings. The van der Waals surface area contributed by atoms with E-state index in [1.807, 2.05) is 18.0 Å². The van der Waals surface area contributed by atoms with Crippen LogP contribution in [-0.4, -0.2) is 41.5 Å². The number of nitrogens with zero attached hydrogens (tertiary/aromatic N) is 2. The summed E-state index contributed by atoms with van der Waals surface area (Å²) < 4.78 is 0. The Morgan fingerprint density at radius 1 is 1.47 bits per heavy atom. The SMILES string of the molecule is CCCNc1cc(CN(C)C(C)CCSC)ccn1.